The van der Waals surface area contributed by atoms with E-state index >= 15 is 0 Å². The lowest BCUT2D eigenvalue weighted by molar-refractivity contribution is 0.312. The Labute approximate surface area is 220 Å². The summed E-state index contributed by atoms with van der Waals surface area (Å²) in [6.45, 7) is 6.71. The molecule has 2 aromatic carbocycles. The Hall–Kier alpha value is -4.44. The van der Waals surface area contributed by atoms with E-state index in [4.69, 9.17) is 4.98 Å². The van der Waals surface area contributed by atoms with Gasteiger partial charge in [-0.1, -0.05) is 30.3 Å². The van der Waals surface area contributed by atoms with Gasteiger partial charge in [-0.2, -0.15) is 10.1 Å². The highest BCUT2D eigenvalue weighted by molar-refractivity contribution is 5.77. The van der Waals surface area contributed by atoms with E-state index in [1.165, 1.54) is 11.3 Å². The molecule has 0 saturated carbocycles. The third kappa shape index (κ3) is 4.54. The lowest BCUT2D eigenvalue weighted by atomic mass is 10.1. The quantitative estimate of drug-likeness (QED) is 0.376. The van der Waals surface area contributed by atoms with E-state index in [2.05, 4.69) is 57.4 Å². The topological polar surface area (TPSA) is 89.0 Å². The number of nitrogens with one attached hydrogen (secondary N) is 1. The van der Waals surface area contributed by atoms with Gasteiger partial charge in [-0.05, 0) is 43.3 Å². The van der Waals surface area contributed by atoms with Crippen molar-refractivity contribution in [3.05, 3.63) is 88.6 Å². The van der Waals surface area contributed by atoms with Crippen LogP contribution in [0.25, 0.3) is 16.7 Å². The van der Waals surface area contributed by atoms with E-state index in [0.717, 1.165) is 43.1 Å². The number of rotatable bonds is 6. The van der Waals surface area contributed by atoms with E-state index in [0.29, 0.717) is 23.5 Å². The van der Waals surface area contributed by atoms with Crippen molar-refractivity contribution < 1.29 is 0 Å². The first-order valence-electron chi connectivity index (χ1n) is 12.8. The van der Waals surface area contributed by atoms with E-state index < -0.39 is 0 Å². The van der Waals surface area contributed by atoms with Crippen LogP contribution in [0.5, 0.6) is 0 Å². The first kappa shape index (κ1) is 23.9. The fourth-order valence-electron chi connectivity index (χ4n) is 5.03. The number of aromatic nitrogens is 6. The predicted molar refractivity (Wildman–Crippen MR) is 150 cm³/mol. The second-order valence-corrected chi connectivity index (χ2v) is 9.88. The monoisotopic (exact) mass is 509 g/mol. The molecule has 0 spiro atoms. The Morgan fingerprint density at radius 3 is 2.47 bits per heavy atom. The molecule has 1 fully saturated rings. The van der Waals surface area contributed by atoms with Crippen molar-refractivity contribution in [1.29, 1.82) is 0 Å². The summed E-state index contributed by atoms with van der Waals surface area (Å²) in [5.74, 6) is 0.429. The minimum Gasteiger partial charge on any atom is -0.369 e. The third-order valence-corrected chi connectivity index (χ3v) is 7.08. The smallest absolute Gasteiger partial charge is 0.278 e. The first-order valence-corrected chi connectivity index (χ1v) is 12.8. The number of aryl methyl sites for hydroxylation is 2. The van der Waals surface area contributed by atoms with E-state index in [1.54, 1.807) is 21.8 Å². The highest BCUT2D eigenvalue weighted by Crippen LogP contribution is 2.26. The molecule has 1 N–H and O–H groups in total. The number of hydrogen-bond acceptors (Lipinski definition) is 7. The van der Waals surface area contributed by atoms with E-state index in [9.17, 15) is 4.79 Å². The molecule has 10 heteroatoms. The molecule has 0 atom stereocenters. The Bertz CT molecular complexity index is 1640. The summed E-state index contributed by atoms with van der Waals surface area (Å²) in [7, 11) is 4.02. The summed E-state index contributed by atoms with van der Waals surface area (Å²) in [5.41, 5.74) is 5.51. The fraction of sp³-hybridized carbons (Fsp3) is 0.286. The first-order chi connectivity index (χ1) is 18.5. The molecule has 38 heavy (non-hydrogen) atoms. The standard InChI is InChI=1S/C28H31N9O/c1-20-15-22(9-10-25(20)35-13-11-33(2)12-14-35)31-28-29-17-24-26(32-28)37(23-16-30-34(3)19-23)36(27(24)38)18-21-7-5-4-6-8-21/h4-10,15-17,19H,11-14,18H2,1-3H3,(H,29,31,32). The zero-order chi connectivity index (χ0) is 26.2. The molecule has 0 bridgehead atoms. The SMILES string of the molecule is Cc1cc(Nc2ncc3c(=O)n(Cc4ccccc4)n(-c4cnn(C)c4)c3n2)ccc1N1CCN(C)CC1. The van der Waals surface area contributed by atoms with Gasteiger partial charge in [0.25, 0.3) is 5.56 Å². The number of likely N-dealkylation sites (N-methyl/N-ethyl adjacent to an activating group) is 1. The molecule has 194 valence electrons. The maximum Gasteiger partial charge on any atom is 0.278 e. The number of fused-ring (bicyclic) bond motifs is 1. The number of anilines is 3. The molecule has 0 radical (unpaired) electrons. The van der Waals surface area contributed by atoms with Gasteiger partial charge in [0.05, 0.1) is 18.9 Å². The summed E-state index contributed by atoms with van der Waals surface area (Å²) < 4.78 is 5.22. The summed E-state index contributed by atoms with van der Waals surface area (Å²) in [6, 6.07) is 16.2. The molecule has 3 aromatic heterocycles. The lowest BCUT2D eigenvalue weighted by Crippen LogP contribution is -2.44. The molecule has 1 aliphatic heterocycles. The van der Waals surface area contributed by atoms with Crippen LogP contribution in [0.1, 0.15) is 11.1 Å². The van der Waals surface area contributed by atoms with Crippen molar-refractivity contribution in [3.8, 4) is 5.69 Å². The van der Waals surface area contributed by atoms with Crippen LogP contribution >= 0.6 is 0 Å². The molecule has 1 saturated heterocycles. The van der Waals surface area contributed by atoms with Crippen LogP contribution in [0, 0.1) is 6.92 Å². The van der Waals surface area contributed by atoms with Gasteiger partial charge in [0.15, 0.2) is 5.65 Å². The van der Waals surface area contributed by atoms with Crippen LogP contribution in [-0.4, -0.2) is 67.2 Å². The van der Waals surface area contributed by atoms with Crippen molar-refractivity contribution in [3.63, 3.8) is 0 Å². The number of hydrogen-bond donors (Lipinski definition) is 1. The Morgan fingerprint density at radius 2 is 1.76 bits per heavy atom. The van der Waals surface area contributed by atoms with Crippen molar-refractivity contribution in [1.82, 2.24) is 34.0 Å². The second-order valence-electron chi connectivity index (χ2n) is 9.88. The minimum atomic E-state index is -0.147. The number of nitrogens with zero attached hydrogens (tertiary/aromatic N) is 8. The van der Waals surface area contributed by atoms with Gasteiger partial charge in [0, 0.05) is 50.8 Å². The summed E-state index contributed by atoms with van der Waals surface area (Å²) in [5, 5.41) is 8.12. The molecule has 5 aromatic rings. The summed E-state index contributed by atoms with van der Waals surface area (Å²) in [6.07, 6.45) is 5.21. The van der Waals surface area contributed by atoms with Crippen LogP contribution in [0.15, 0.2) is 71.9 Å². The van der Waals surface area contributed by atoms with Gasteiger partial charge < -0.3 is 15.1 Å². The molecule has 4 heterocycles. The highest BCUT2D eigenvalue weighted by atomic mass is 16.1. The number of piperazine rings is 1. The third-order valence-electron chi connectivity index (χ3n) is 7.08. The predicted octanol–water partition coefficient (Wildman–Crippen LogP) is 3.17. The Kier molecular flexibility index (Phi) is 6.16. The van der Waals surface area contributed by atoms with Gasteiger partial charge in [-0.15, -0.1) is 0 Å². The lowest BCUT2D eigenvalue weighted by Gasteiger charge is -2.35. The molecule has 1 aliphatic rings. The van der Waals surface area contributed by atoms with E-state index in [1.807, 2.05) is 48.3 Å². The zero-order valence-corrected chi connectivity index (χ0v) is 21.9. The Morgan fingerprint density at radius 1 is 0.974 bits per heavy atom. The molecular formula is C28H31N9O. The largest absolute Gasteiger partial charge is 0.369 e. The summed E-state index contributed by atoms with van der Waals surface area (Å²) >= 11 is 0. The van der Waals surface area contributed by atoms with Crippen LogP contribution in [0.3, 0.4) is 0 Å². The molecule has 0 unspecified atom stereocenters. The zero-order valence-electron chi connectivity index (χ0n) is 21.9. The van der Waals surface area contributed by atoms with Gasteiger partial charge >= 0.3 is 0 Å². The second kappa shape index (κ2) is 9.79. The normalized spacial score (nSPS) is 14.3. The Balaban J connectivity index is 1.36. The highest BCUT2D eigenvalue weighted by Gasteiger charge is 2.20. The van der Waals surface area contributed by atoms with Crippen LogP contribution < -0.4 is 15.8 Å². The van der Waals surface area contributed by atoms with Crippen molar-refractivity contribution >= 4 is 28.4 Å². The molecule has 6 rings (SSSR count). The maximum atomic E-state index is 13.5. The number of benzene rings is 2. The van der Waals surface area contributed by atoms with Gasteiger partial charge in [0.2, 0.25) is 5.95 Å². The molecular weight excluding hydrogens is 478 g/mol. The average Bonchev–Trinajstić information content (AvgIpc) is 3.46. The van der Waals surface area contributed by atoms with Crippen LogP contribution in [-0.2, 0) is 13.6 Å². The van der Waals surface area contributed by atoms with Crippen molar-refractivity contribution in [2.75, 3.05) is 43.4 Å². The fourth-order valence-corrected chi connectivity index (χ4v) is 5.03. The van der Waals surface area contributed by atoms with Crippen LogP contribution in [0.4, 0.5) is 17.3 Å². The molecule has 10 nitrogen and oxygen atoms in total. The van der Waals surface area contributed by atoms with Gasteiger partial charge in [-0.25, -0.2) is 14.3 Å². The van der Waals surface area contributed by atoms with Crippen molar-refractivity contribution in [2.24, 2.45) is 7.05 Å². The van der Waals surface area contributed by atoms with E-state index in [-0.39, 0.29) is 5.56 Å². The summed E-state index contributed by atoms with van der Waals surface area (Å²) in [4.78, 5) is 27.5. The van der Waals surface area contributed by atoms with Gasteiger partial charge in [-0.3, -0.25) is 9.48 Å². The van der Waals surface area contributed by atoms with Crippen molar-refractivity contribution in [2.45, 2.75) is 13.5 Å². The molecule has 0 aliphatic carbocycles. The van der Waals surface area contributed by atoms with Gasteiger partial charge in [0.1, 0.15) is 11.1 Å². The minimum absolute atomic E-state index is 0.147. The van der Waals surface area contributed by atoms with Crippen LogP contribution in [0.2, 0.25) is 0 Å². The average molecular weight is 510 g/mol. The molecule has 0 amide bonds. The maximum absolute atomic E-state index is 13.5.